The lowest BCUT2D eigenvalue weighted by Crippen LogP contribution is -2.47. The average molecular weight is 474 g/mol. The SMILES string of the molecule is O=C1CC2(CCN(c3ccc4c(c3)C3(CCCCC3)c3nc(=O)c5c(Cl)cccc5n3-4)CC2)C1. The van der Waals surface area contributed by atoms with Gasteiger partial charge in [-0.25, -0.2) is 0 Å². The van der Waals surface area contributed by atoms with Crippen molar-refractivity contribution < 1.29 is 4.79 Å². The van der Waals surface area contributed by atoms with Gasteiger partial charge in [0.1, 0.15) is 11.6 Å². The molecule has 2 aromatic carbocycles. The number of piperidine rings is 1. The Morgan fingerprint density at radius 2 is 1.68 bits per heavy atom. The van der Waals surface area contributed by atoms with Gasteiger partial charge in [-0.3, -0.25) is 14.2 Å². The molecule has 3 heterocycles. The molecule has 0 bridgehead atoms. The van der Waals surface area contributed by atoms with E-state index in [1.165, 1.54) is 17.7 Å². The van der Waals surface area contributed by atoms with E-state index in [1.54, 1.807) is 6.07 Å². The second kappa shape index (κ2) is 7.17. The lowest BCUT2D eigenvalue weighted by Gasteiger charge is -2.47. The molecule has 4 aliphatic rings. The Kier molecular flexibility index (Phi) is 4.37. The molecule has 2 saturated carbocycles. The average Bonchev–Trinajstić information content (AvgIpc) is 3.08. The summed E-state index contributed by atoms with van der Waals surface area (Å²) in [6.07, 6.45) is 9.31. The fourth-order valence-electron chi connectivity index (χ4n) is 7.24. The molecule has 2 spiro atoms. The third kappa shape index (κ3) is 2.76. The third-order valence-corrected chi connectivity index (χ3v) is 9.39. The van der Waals surface area contributed by atoms with Gasteiger partial charge in [0.05, 0.1) is 27.0 Å². The summed E-state index contributed by atoms with van der Waals surface area (Å²) in [7, 11) is 0. The van der Waals surface area contributed by atoms with E-state index in [1.807, 2.05) is 12.1 Å². The van der Waals surface area contributed by atoms with Crippen LogP contribution >= 0.6 is 11.6 Å². The number of rotatable bonds is 1. The van der Waals surface area contributed by atoms with Crippen LogP contribution in [0, 0.1) is 5.41 Å². The molecule has 7 rings (SSSR count). The minimum atomic E-state index is -0.221. The quantitative estimate of drug-likeness (QED) is 0.464. The van der Waals surface area contributed by atoms with E-state index in [0.717, 1.165) is 81.5 Å². The van der Waals surface area contributed by atoms with Crippen LogP contribution < -0.4 is 10.5 Å². The third-order valence-electron chi connectivity index (χ3n) is 9.07. The lowest BCUT2D eigenvalue weighted by molar-refractivity contribution is -0.133. The van der Waals surface area contributed by atoms with Crippen LogP contribution in [-0.4, -0.2) is 28.4 Å². The summed E-state index contributed by atoms with van der Waals surface area (Å²) in [6.45, 7) is 2.00. The van der Waals surface area contributed by atoms with Gasteiger partial charge in [-0.15, -0.1) is 0 Å². The number of carbonyl (C=O) groups is 1. The summed E-state index contributed by atoms with van der Waals surface area (Å²) < 4.78 is 2.21. The van der Waals surface area contributed by atoms with E-state index in [9.17, 15) is 9.59 Å². The zero-order chi connectivity index (χ0) is 23.1. The van der Waals surface area contributed by atoms with Crippen LogP contribution in [0.3, 0.4) is 0 Å². The first-order chi connectivity index (χ1) is 16.5. The Bertz CT molecular complexity index is 1400. The van der Waals surface area contributed by atoms with Gasteiger partial charge in [-0.2, -0.15) is 4.98 Å². The Hall–Kier alpha value is -2.66. The van der Waals surface area contributed by atoms with Gasteiger partial charge in [0.25, 0.3) is 5.56 Å². The standard InChI is InChI=1S/C28H28ClN3O2/c29-21-5-4-6-23-24(21)25(34)30-26-28(9-2-1-3-10-28)20-15-18(7-8-22(20)32(23)26)31-13-11-27(12-14-31)16-19(33)17-27/h4-8,15H,1-3,9-14,16-17H2. The molecule has 1 saturated heterocycles. The van der Waals surface area contributed by atoms with Crippen molar-refractivity contribution in [1.82, 2.24) is 9.55 Å². The van der Waals surface area contributed by atoms with Crippen molar-refractivity contribution >= 4 is 34.0 Å². The zero-order valence-corrected chi connectivity index (χ0v) is 20.0. The van der Waals surface area contributed by atoms with E-state index < -0.39 is 0 Å². The number of aromatic nitrogens is 2. The maximum absolute atomic E-state index is 13.1. The molecule has 1 aromatic heterocycles. The van der Waals surface area contributed by atoms with Gasteiger partial charge in [0.2, 0.25) is 0 Å². The van der Waals surface area contributed by atoms with Crippen LogP contribution in [0.1, 0.15) is 69.2 Å². The van der Waals surface area contributed by atoms with E-state index in [0.29, 0.717) is 16.2 Å². The second-order valence-electron chi connectivity index (χ2n) is 10.9. The summed E-state index contributed by atoms with van der Waals surface area (Å²) in [6, 6.07) is 12.5. The number of nitrogens with zero attached hydrogens (tertiary/aromatic N) is 3. The Labute approximate surface area is 203 Å². The van der Waals surface area contributed by atoms with Gasteiger partial charge < -0.3 is 4.90 Å². The smallest absolute Gasteiger partial charge is 0.282 e. The predicted octanol–water partition coefficient (Wildman–Crippen LogP) is 5.55. The molecule has 3 aromatic rings. The van der Waals surface area contributed by atoms with Crippen LogP contribution in [0.4, 0.5) is 5.69 Å². The number of benzene rings is 2. The van der Waals surface area contributed by atoms with Crippen molar-refractivity contribution in [2.24, 2.45) is 5.41 Å². The number of carbonyl (C=O) groups excluding carboxylic acids is 1. The normalized spacial score (nSPS) is 22.1. The molecule has 0 radical (unpaired) electrons. The molecule has 3 fully saturated rings. The molecule has 174 valence electrons. The first kappa shape index (κ1) is 20.7. The summed E-state index contributed by atoms with van der Waals surface area (Å²) >= 11 is 6.46. The van der Waals surface area contributed by atoms with Gasteiger partial charge in [-0.05, 0) is 67.0 Å². The number of halogens is 1. The van der Waals surface area contributed by atoms with Gasteiger partial charge in [0.15, 0.2) is 0 Å². The molecule has 0 unspecified atom stereocenters. The van der Waals surface area contributed by atoms with Crippen LogP contribution in [0.2, 0.25) is 5.02 Å². The zero-order valence-electron chi connectivity index (χ0n) is 19.3. The molecule has 0 amide bonds. The van der Waals surface area contributed by atoms with Gasteiger partial charge in [0, 0.05) is 31.6 Å². The fraction of sp³-hybridized carbons (Fsp3) is 0.464. The maximum atomic E-state index is 13.1. The number of hydrogen-bond acceptors (Lipinski definition) is 4. The molecule has 6 heteroatoms. The van der Waals surface area contributed by atoms with Crippen molar-refractivity contribution in [2.45, 2.75) is 63.2 Å². The molecular formula is C28H28ClN3O2. The molecule has 0 atom stereocenters. The summed E-state index contributed by atoms with van der Waals surface area (Å²) in [4.78, 5) is 31.9. The number of Topliss-reactive ketones (excluding diaryl/α,β-unsaturated/α-hetero) is 1. The van der Waals surface area contributed by atoms with Crippen LogP contribution in [-0.2, 0) is 10.2 Å². The Morgan fingerprint density at radius 3 is 2.41 bits per heavy atom. The van der Waals surface area contributed by atoms with Crippen molar-refractivity contribution in [2.75, 3.05) is 18.0 Å². The van der Waals surface area contributed by atoms with Gasteiger partial charge >= 0.3 is 0 Å². The highest BCUT2D eigenvalue weighted by Gasteiger charge is 2.48. The summed E-state index contributed by atoms with van der Waals surface area (Å²) in [5, 5.41) is 0.969. The molecule has 34 heavy (non-hydrogen) atoms. The Morgan fingerprint density at radius 1 is 0.912 bits per heavy atom. The number of ketones is 1. The monoisotopic (exact) mass is 473 g/mol. The predicted molar refractivity (Wildman–Crippen MR) is 134 cm³/mol. The highest BCUT2D eigenvalue weighted by Crippen LogP contribution is 2.53. The van der Waals surface area contributed by atoms with E-state index in [4.69, 9.17) is 16.6 Å². The number of fused-ring (bicyclic) bond motifs is 7. The minimum Gasteiger partial charge on any atom is -0.371 e. The van der Waals surface area contributed by atoms with Crippen LogP contribution in [0.25, 0.3) is 16.6 Å². The molecule has 2 aliphatic carbocycles. The number of hydrogen-bond donors (Lipinski definition) is 0. The van der Waals surface area contributed by atoms with E-state index >= 15 is 0 Å². The summed E-state index contributed by atoms with van der Waals surface area (Å²) in [5.41, 5.74) is 4.39. The van der Waals surface area contributed by atoms with E-state index in [-0.39, 0.29) is 16.4 Å². The highest BCUT2D eigenvalue weighted by atomic mass is 35.5. The lowest BCUT2D eigenvalue weighted by atomic mass is 9.62. The van der Waals surface area contributed by atoms with Crippen molar-refractivity contribution in [3.8, 4) is 5.69 Å². The number of anilines is 1. The van der Waals surface area contributed by atoms with Gasteiger partial charge in [-0.1, -0.05) is 36.9 Å². The van der Waals surface area contributed by atoms with Crippen molar-refractivity contribution in [3.63, 3.8) is 0 Å². The first-order valence-corrected chi connectivity index (χ1v) is 13.0. The minimum absolute atomic E-state index is 0.212. The molecule has 0 N–H and O–H groups in total. The molecular weight excluding hydrogens is 446 g/mol. The van der Waals surface area contributed by atoms with Crippen molar-refractivity contribution in [1.29, 1.82) is 0 Å². The second-order valence-corrected chi connectivity index (χ2v) is 11.3. The van der Waals surface area contributed by atoms with Crippen LogP contribution in [0.5, 0.6) is 0 Å². The first-order valence-electron chi connectivity index (χ1n) is 12.6. The summed E-state index contributed by atoms with van der Waals surface area (Å²) in [5.74, 6) is 1.32. The van der Waals surface area contributed by atoms with Crippen molar-refractivity contribution in [3.05, 3.63) is 63.2 Å². The Balaban J connectivity index is 1.36. The maximum Gasteiger partial charge on any atom is 0.282 e. The fourth-order valence-corrected chi connectivity index (χ4v) is 7.49. The molecule has 5 nitrogen and oxygen atoms in total. The van der Waals surface area contributed by atoms with E-state index in [2.05, 4.69) is 27.7 Å². The highest BCUT2D eigenvalue weighted by molar-refractivity contribution is 6.35. The largest absolute Gasteiger partial charge is 0.371 e. The molecule has 2 aliphatic heterocycles. The van der Waals surface area contributed by atoms with Crippen LogP contribution in [0.15, 0.2) is 41.2 Å². The topological polar surface area (TPSA) is 55.2 Å².